The van der Waals surface area contributed by atoms with Crippen LogP contribution >= 0.6 is 0 Å². The summed E-state index contributed by atoms with van der Waals surface area (Å²) < 4.78 is 1.88. The van der Waals surface area contributed by atoms with Crippen molar-refractivity contribution < 1.29 is 4.79 Å². The van der Waals surface area contributed by atoms with Gasteiger partial charge in [-0.3, -0.25) is 10.1 Å². The molecule has 3 aromatic heterocycles. The number of pyridine rings is 1. The topological polar surface area (TPSA) is 88.8 Å². The van der Waals surface area contributed by atoms with Gasteiger partial charge in [-0.05, 0) is 28.9 Å². The SMILES string of the molecule is [B]C1([B])N(c2cc(C(=O)Nc3ncc4ccc(-c5cncn5C)cc4n3)ccn2)C([B])([B])C([B])([B])C([B])([B])C1([B])[B]. The number of piperidine rings is 1. The highest BCUT2D eigenvalue weighted by Gasteiger charge is 2.64. The van der Waals surface area contributed by atoms with Crippen molar-refractivity contribution >= 4 is 107 Å². The van der Waals surface area contributed by atoms with Crippen LogP contribution in [0.1, 0.15) is 10.4 Å². The highest BCUT2D eigenvalue weighted by molar-refractivity contribution is 6.71. The maximum Gasteiger partial charge on any atom is 0.258 e. The van der Waals surface area contributed by atoms with Gasteiger partial charge in [-0.15, -0.1) is 15.6 Å². The van der Waals surface area contributed by atoms with Crippen LogP contribution in [0.3, 0.4) is 0 Å². The zero-order valence-corrected chi connectivity index (χ0v) is 22.1. The van der Waals surface area contributed by atoms with Crippen LogP contribution in [-0.4, -0.2) is 120 Å². The van der Waals surface area contributed by atoms with Gasteiger partial charge >= 0.3 is 0 Å². The van der Waals surface area contributed by atoms with Crippen LogP contribution in [0.4, 0.5) is 11.8 Å². The monoisotopic (exact) mass is 513 g/mol. The van der Waals surface area contributed by atoms with Crippen LogP contribution in [0.2, 0.25) is 15.6 Å². The minimum absolute atomic E-state index is 0.0434. The molecule has 41 heavy (non-hydrogen) atoms. The molecule has 0 spiro atoms. The first-order valence-electron chi connectivity index (χ1n) is 12.1. The van der Waals surface area contributed by atoms with Crippen molar-refractivity contribution in [3.63, 3.8) is 0 Å². The summed E-state index contributed by atoms with van der Waals surface area (Å²) in [5.41, 5.74) is 2.44. The number of aryl methyl sites for hydroxylation is 1. The molecule has 1 saturated heterocycles. The van der Waals surface area contributed by atoms with Crippen molar-refractivity contribution in [2.24, 2.45) is 7.05 Å². The highest BCUT2D eigenvalue weighted by Crippen LogP contribution is 2.69. The van der Waals surface area contributed by atoms with E-state index in [1.54, 1.807) is 18.7 Å². The third kappa shape index (κ3) is 4.23. The van der Waals surface area contributed by atoms with E-state index in [9.17, 15) is 4.79 Å². The molecule has 1 aromatic carbocycles. The first-order chi connectivity index (χ1) is 18.9. The number of fused-ring (bicyclic) bond motifs is 1. The average molecular weight is 512 g/mol. The quantitative estimate of drug-likeness (QED) is 0.348. The predicted molar refractivity (Wildman–Crippen MR) is 167 cm³/mol. The van der Waals surface area contributed by atoms with Crippen molar-refractivity contribution in [2.75, 3.05) is 10.2 Å². The van der Waals surface area contributed by atoms with Gasteiger partial charge in [0.05, 0.1) is 102 Å². The van der Waals surface area contributed by atoms with Crippen LogP contribution in [-0.2, 0) is 7.05 Å². The maximum absolute atomic E-state index is 13.3. The Morgan fingerprint density at radius 3 is 2.10 bits per heavy atom. The van der Waals surface area contributed by atoms with E-state index in [1.807, 2.05) is 29.8 Å². The number of imidazole rings is 1. The van der Waals surface area contributed by atoms with E-state index in [0.29, 0.717) is 5.52 Å². The van der Waals surface area contributed by atoms with Crippen LogP contribution in [0.15, 0.2) is 55.2 Å². The summed E-state index contributed by atoms with van der Waals surface area (Å²) in [5.74, 6) is -0.719. The van der Waals surface area contributed by atoms with Gasteiger partial charge in [0.2, 0.25) is 5.95 Å². The molecular weight excluding hydrogens is 498 g/mol. The lowest BCUT2D eigenvalue weighted by Crippen LogP contribution is -2.81. The number of hydrogen-bond acceptors (Lipinski definition) is 6. The van der Waals surface area contributed by atoms with Gasteiger partial charge < -0.3 is 9.47 Å². The summed E-state index contributed by atoms with van der Waals surface area (Å²) in [4.78, 5) is 31.2. The molecule has 8 nitrogen and oxygen atoms in total. The molecule has 1 amide bonds. The summed E-state index contributed by atoms with van der Waals surface area (Å²) in [6, 6.07) is 8.34. The molecule has 0 saturated carbocycles. The van der Waals surface area contributed by atoms with Crippen molar-refractivity contribution in [3.05, 3.63) is 60.8 Å². The summed E-state index contributed by atoms with van der Waals surface area (Å²) in [5, 5.41) is -8.44. The van der Waals surface area contributed by atoms with Crippen molar-refractivity contribution in [2.45, 2.75) is 26.3 Å². The number of carbonyl (C=O) groups is 1. The number of benzene rings is 1. The standard InChI is InChI=1S/C23H13B10N7O/c1-39-10-34-9-15(39)11-2-3-13-8-36-18(37-14(13)6-11)38-17(41)12-4-5-35-16(7-12)40-22(30,31)20(26,27)19(24,25)21(28,29)23(40,32)33/h2-10H,1H3,(H,36,37,38,41). The number of rotatable bonds is 4. The van der Waals surface area contributed by atoms with Gasteiger partial charge in [-0.2, -0.15) is 0 Å². The lowest BCUT2D eigenvalue weighted by molar-refractivity contribution is 0.102. The van der Waals surface area contributed by atoms with Gasteiger partial charge in [0, 0.05) is 36.0 Å². The normalized spacial score (nSPS) is 19.9. The van der Waals surface area contributed by atoms with Crippen molar-refractivity contribution in [3.8, 4) is 11.3 Å². The van der Waals surface area contributed by atoms with Gasteiger partial charge in [-0.1, -0.05) is 12.1 Å². The minimum Gasteiger partial charge on any atom is -0.382 e. The number of hydrogen-bond donors (Lipinski definition) is 1. The van der Waals surface area contributed by atoms with E-state index in [4.69, 9.17) is 78.5 Å². The van der Waals surface area contributed by atoms with Gasteiger partial charge in [0.1, 0.15) is 5.82 Å². The van der Waals surface area contributed by atoms with Crippen molar-refractivity contribution in [1.29, 1.82) is 0 Å². The Hall–Kier alpha value is -3.16. The lowest BCUT2D eigenvalue weighted by atomic mass is 9.05. The summed E-state index contributed by atoms with van der Waals surface area (Å²) in [6.07, 6.45) is 6.29. The van der Waals surface area contributed by atoms with E-state index in [2.05, 4.69) is 25.3 Å². The van der Waals surface area contributed by atoms with Crippen LogP contribution in [0, 0.1) is 0 Å². The summed E-state index contributed by atoms with van der Waals surface area (Å²) >= 11 is 0. The molecule has 4 aromatic rings. The van der Waals surface area contributed by atoms with E-state index in [-0.39, 0.29) is 17.3 Å². The molecule has 1 fully saturated rings. The summed E-state index contributed by atoms with van der Waals surface area (Å²) in [7, 11) is 64.1. The second-order valence-electron chi connectivity index (χ2n) is 10.3. The Morgan fingerprint density at radius 1 is 0.829 bits per heavy atom. The second-order valence-corrected chi connectivity index (χ2v) is 10.3. The molecule has 1 aliphatic heterocycles. The molecule has 0 bridgehead atoms. The first kappa shape index (κ1) is 29.3. The molecule has 0 aliphatic carbocycles. The summed E-state index contributed by atoms with van der Waals surface area (Å²) in [6.45, 7) is 0. The molecule has 0 unspecified atom stereocenters. The third-order valence-corrected chi connectivity index (χ3v) is 7.59. The second kappa shape index (κ2) is 9.43. The minimum atomic E-state index is -2.38. The number of aromatic nitrogens is 5. The fraction of sp³-hybridized carbons (Fsp3) is 0.261. The zero-order valence-electron chi connectivity index (χ0n) is 22.1. The number of nitrogens with zero attached hydrogens (tertiary/aromatic N) is 6. The first-order valence-corrected chi connectivity index (χ1v) is 12.1. The zero-order chi connectivity index (χ0) is 30.2. The van der Waals surface area contributed by atoms with E-state index in [1.165, 1.54) is 18.3 Å². The Balaban J connectivity index is 1.48. The molecule has 1 N–H and O–H groups in total. The largest absolute Gasteiger partial charge is 0.382 e. The average Bonchev–Trinajstić information content (AvgIpc) is 3.33. The molecule has 1 aliphatic rings. The van der Waals surface area contributed by atoms with E-state index < -0.39 is 32.2 Å². The number of amides is 1. The molecule has 0 atom stereocenters. The number of carbonyl (C=O) groups excluding carboxylic acids is 1. The molecule has 176 valence electrons. The van der Waals surface area contributed by atoms with E-state index >= 15 is 0 Å². The molecule has 5 rings (SSSR count). The van der Waals surface area contributed by atoms with Gasteiger partial charge in [0.25, 0.3) is 5.91 Å². The van der Waals surface area contributed by atoms with Gasteiger partial charge in [-0.25, -0.2) is 19.9 Å². The van der Waals surface area contributed by atoms with Crippen LogP contribution in [0.5, 0.6) is 0 Å². The third-order valence-electron chi connectivity index (χ3n) is 7.59. The fourth-order valence-electron chi connectivity index (χ4n) is 4.79. The Labute approximate surface area is 251 Å². The molecular formula is C23H13B10N7O. The fourth-order valence-corrected chi connectivity index (χ4v) is 4.79. The molecule has 18 heteroatoms. The Kier molecular flexibility index (Phi) is 6.75. The Morgan fingerprint density at radius 2 is 1.49 bits per heavy atom. The number of anilines is 2. The maximum atomic E-state index is 13.3. The van der Waals surface area contributed by atoms with Crippen LogP contribution < -0.4 is 10.2 Å². The molecule has 4 heterocycles. The predicted octanol–water partition coefficient (Wildman–Crippen LogP) is -1.16. The van der Waals surface area contributed by atoms with E-state index in [0.717, 1.165) is 21.5 Å². The molecule has 20 radical (unpaired) electrons. The smallest absolute Gasteiger partial charge is 0.258 e. The van der Waals surface area contributed by atoms with Crippen LogP contribution in [0.25, 0.3) is 22.2 Å². The number of nitrogens with one attached hydrogen (secondary N) is 1. The van der Waals surface area contributed by atoms with Crippen molar-refractivity contribution in [1.82, 2.24) is 24.5 Å². The Bertz CT molecular complexity index is 1640. The van der Waals surface area contributed by atoms with Gasteiger partial charge in [0.15, 0.2) is 0 Å². The lowest BCUT2D eigenvalue weighted by Gasteiger charge is -2.79. The highest BCUT2D eigenvalue weighted by atomic mass is 16.1.